The first-order valence-electron chi connectivity index (χ1n) is 11.5. The number of alkyl halides is 3. The number of halogens is 3. The fourth-order valence-corrected chi connectivity index (χ4v) is 4.14. The minimum absolute atomic E-state index is 0.129. The number of amides is 1. The van der Waals surface area contributed by atoms with Crippen LogP contribution in [0.15, 0.2) is 77.2 Å². The lowest BCUT2D eigenvalue weighted by Crippen LogP contribution is -2.48. The Morgan fingerprint density at radius 2 is 1.42 bits per heavy atom. The van der Waals surface area contributed by atoms with E-state index in [0.717, 1.165) is 23.3 Å². The molecule has 1 fully saturated rings. The lowest BCUT2D eigenvalue weighted by Gasteiger charge is -2.36. The van der Waals surface area contributed by atoms with E-state index in [1.54, 1.807) is 35.2 Å². The molecule has 1 saturated heterocycles. The summed E-state index contributed by atoms with van der Waals surface area (Å²) in [7, 11) is 0. The molecule has 1 amide bonds. The van der Waals surface area contributed by atoms with Crippen LogP contribution in [0.25, 0.3) is 22.9 Å². The van der Waals surface area contributed by atoms with E-state index in [0.29, 0.717) is 54.8 Å². The fraction of sp³-hybridized carbons (Fsp3) is 0.222. The lowest BCUT2D eigenvalue weighted by atomic mass is 10.1. The minimum atomic E-state index is -4.39. The van der Waals surface area contributed by atoms with Crippen LogP contribution in [0.5, 0.6) is 0 Å². The predicted molar refractivity (Wildman–Crippen MR) is 129 cm³/mol. The average molecular weight is 493 g/mol. The summed E-state index contributed by atoms with van der Waals surface area (Å²) in [4.78, 5) is 16.6. The molecule has 4 aromatic rings. The topological polar surface area (TPSA) is 62.5 Å². The van der Waals surface area contributed by atoms with Gasteiger partial charge in [0, 0.05) is 48.6 Å². The molecular formula is C27H23F3N4O2. The first kappa shape index (κ1) is 23.6. The Bertz CT molecular complexity index is 1360. The molecule has 1 aliphatic rings. The number of hydrogen-bond donors (Lipinski definition) is 0. The van der Waals surface area contributed by atoms with Crippen LogP contribution in [0.1, 0.15) is 21.5 Å². The molecule has 1 aliphatic heterocycles. The van der Waals surface area contributed by atoms with Crippen LogP contribution < -0.4 is 4.90 Å². The van der Waals surface area contributed by atoms with E-state index in [1.165, 1.54) is 6.07 Å². The second-order valence-electron chi connectivity index (χ2n) is 8.68. The molecule has 0 spiro atoms. The van der Waals surface area contributed by atoms with Crippen molar-refractivity contribution in [2.45, 2.75) is 13.1 Å². The zero-order valence-electron chi connectivity index (χ0n) is 19.5. The molecule has 1 aromatic heterocycles. The van der Waals surface area contributed by atoms with Crippen molar-refractivity contribution in [1.29, 1.82) is 0 Å². The van der Waals surface area contributed by atoms with Crippen molar-refractivity contribution in [3.8, 4) is 22.9 Å². The number of nitrogens with zero attached hydrogens (tertiary/aromatic N) is 4. The standard InChI is InChI=1S/C27H23F3N4O2/c1-18-5-7-19(8-6-18)24-31-32-25(36-24)20-9-11-21(12-10-20)26(35)34-15-13-33(14-16-34)23-4-2-3-22(17-23)27(28,29)30/h2-12,17H,13-16H2,1H3. The molecule has 0 atom stereocenters. The number of aromatic nitrogens is 2. The van der Waals surface area contributed by atoms with Crippen LogP contribution in [0.3, 0.4) is 0 Å². The third-order valence-electron chi connectivity index (χ3n) is 6.21. The molecule has 3 aromatic carbocycles. The Kier molecular flexibility index (Phi) is 6.22. The molecule has 0 saturated carbocycles. The summed E-state index contributed by atoms with van der Waals surface area (Å²) in [6.07, 6.45) is -4.39. The highest BCUT2D eigenvalue weighted by molar-refractivity contribution is 5.94. The van der Waals surface area contributed by atoms with Gasteiger partial charge in [0.2, 0.25) is 11.8 Å². The first-order valence-corrected chi connectivity index (χ1v) is 11.5. The fourth-order valence-electron chi connectivity index (χ4n) is 4.14. The zero-order valence-corrected chi connectivity index (χ0v) is 19.5. The second kappa shape index (κ2) is 9.49. The van der Waals surface area contributed by atoms with Gasteiger partial charge in [-0.15, -0.1) is 10.2 Å². The number of carbonyl (C=O) groups is 1. The van der Waals surface area contributed by atoms with Crippen molar-refractivity contribution in [2.75, 3.05) is 31.1 Å². The van der Waals surface area contributed by atoms with Crippen LogP contribution in [0.4, 0.5) is 18.9 Å². The largest absolute Gasteiger partial charge is 0.416 e. The Morgan fingerprint density at radius 1 is 0.833 bits per heavy atom. The van der Waals surface area contributed by atoms with Gasteiger partial charge >= 0.3 is 6.18 Å². The number of rotatable bonds is 4. The van der Waals surface area contributed by atoms with E-state index < -0.39 is 11.7 Å². The molecule has 2 heterocycles. The number of carbonyl (C=O) groups excluding carboxylic acids is 1. The van der Waals surface area contributed by atoms with Gasteiger partial charge in [-0.2, -0.15) is 13.2 Å². The number of benzene rings is 3. The number of piperazine rings is 1. The Balaban J connectivity index is 1.22. The van der Waals surface area contributed by atoms with Crippen LogP contribution in [-0.2, 0) is 6.18 Å². The normalized spacial score (nSPS) is 14.2. The molecule has 0 radical (unpaired) electrons. The van der Waals surface area contributed by atoms with Crippen molar-refractivity contribution in [3.05, 3.63) is 89.5 Å². The molecule has 0 aliphatic carbocycles. The molecule has 9 heteroatoms. The van der Waals surface area contributed by atoms with Gasteiger partial charge in [-0.05, 0) is 61.5 Å². The molecule has 184 valence electrons. The van der Waals surface area contributed by atoms with E-state index >= 15 is 0 Å². The maximum absolute atomic E-state index is 13.0. The Labute approximate surface area is 206 Å². The highest BCUT2D eigenvalue weighted by Crippen LogP contribution is 2.32. The van der Waals surface area contributed by atoms with Crippen LogP contribution in [0.2, 0.25) is 0 Å². The number of aryl methyl sites for hydroxylation is 1. The predicted octanol–water partition coefficient (Wildman–Crippen LogP) is 5.69. The molecule has 0 bridgehead atoms. The summed E-state index contributed by atoms with van der Waals surface area (Å²) in [5, 5.41) is 8.24. The number of anilines is 1. The van der Waals surface area contributed by atoms with Crippen molar-refractivity contribution >= 4 is 11.6 Å². The highest BCUT2D eigenvalue weighted by atomic mass is 19.4. The highest BCUT2D eigenvalue weighted by Gasteiger charge is 2.31. The quantitative estimate of drug-likeness (QED) is 0.366. The first-order chi connectivity index (χ1) is 17.3. The molecule has 6 nitrogen and oxygen atoms in total. The maximum Gasteiger partial charge on any atom is 0.416 e. The third kappa shape index (κ3) is 4.95. The van der Waals surface area contributed by atoms with Gasteiger partial charge in [-0.3, -0.25) is 4.79 Å². The summed E-state index contributed by atoms with van der Waals surface area (Å²) in [5.74, 6) is 0.652. The smallest absolute Gasteiger partial charge is 0.416 e. The van der Waals surface area contributed by atoms with Crippen LogP contribution >= 0.6 is 0 Å². The van der Waals surface area contributed by atoms with Gasteiger partial charge in [0.25, 0.3) is 5.91 Å². The van der Waals surface area contributed by atoms with E-state index in [1.807, 2.05) is 36.1 Å². The van der Waals surface area contributed by atoms with Crippen molar-refractivity contribution in [3.63, 3.8) is 0 Å². The summed E-state index contributed by atoms with van der Waals surface area (Å²) < 4.78 is 44.9. The third-order valence-corrected chi connectivity index (χ3v) is 6.21. The zero-order chi connectivity index (χ0) is 25.3. The van der Waals surface area contributed by atoms with Gasteiger partial charge in [0.1, 0.15) is 0 Å². The van der Waals surface area contributed by atoms with Gasteiger partial charge in [-0.25, -0.2) is 0 Å². The molecule has 5 rings (SSSR count). The van der Waals surface area contributed by atoms with E-state index in [9.17, 15) is 18.0 Å². The van der Waals surface area contributed by atoms with Crippen LogP contribution in [-0.4, -0.2) is 47.2 Å². The van der Waals surface area contributed by atoms with Crippen molar-refractivity contribution in [2.24, 2.45) is 0 Å². The number of hydrogen-bond acceptors (Lipinski definition) is 5. The van der Waals surface area contributed by atoms with Gasteiger partial charge < -0.3 is 14.2 Å². The van der Waals surface area contributed by atoms with E-state index in [2.05, 4.69) is 10.2 Å². The summed E-state index contributed by atoms with van der Waals surface area (Å²) in [6.45, 7) is 3.74. The maximum atomic E-state index is 13.0. The van der Waals surface area contributed by atoms with E-state index in [4.69, 9.17) is 4.42 Å². The van der Waals surface area contributed by atoms with Gasteiger partial charge in [-0.1, -0.05) is 23.8 Å². The summed E-state index contributed by atoms with van der Waals surface area (Å²) in [5.41, 5.74) is 3.01. The molecule has 36 heavy (non-hydrogen) atoms. The van der Waals surface area contributed by atoms with Gasteiger partial charge in [0.05, 0.1) is 5.56 Å². The minimum Gasteiger partial charge on any atom is -0.416 e. The van der Waals surface area contributed by atoms with Crippen molar-refractivity contribution < 1.29 is 22.4 Å². The molecule has 0 unspecified atom stereocenters. The molecule has 0 N–H and O–H groups in total. The Morgan fingerprint density at radius 3 is 2.00 bits per heavy atom. The van der Waals surface area contributed by atoms with Crippen LogP contribution in [0, 0.1) is 6.92 Å². The molecular weight excluding hydrogens is 469 g/mol. The van der Waals surface area contributed by atoms with Gasteiger partial charge in [0.15, 0.2) is 0 Å². The SMILES string of the molecule is Cc1ccc(-c2nnc(-c3ccc(C(=O)N4CCN(c5cccc(C(F)(F)F)c5)CC4)cc3)o2)cc1. The summed E-state index contributed by atoms with van der Waals surface area (Å²) >= 11 is 0. The van der Waals surface area contributed by atoms with E-state index in [-0.39, 0.29) is 5.91 Å². The Hall–Kier alpha value is -4.14. The van der Waals surface area contributed by atoms with Crippen molar-refractivity contribution in [1.82, 2.24) is 15.1 Å². The monoisotopic (exact) mass is 492 g/mol. The average Bonchev–Trinajstić information content (AvgIpc) is 3.39. The summed E-state index contributed by atoms with van der Waals surface area (Å²) in [6, 6.07) is 20.0. The second-order valence-corrected chi connectivity index (χ2v) is 8.68. The lowest BCUT2D eigenvalue weighted by molar-refractivity contribution is -0.137.